The molecule has 3 N–H and O–H groups in total. The number of nitrogens with one attached hydrogen (secondary N) is 1. The van der Waals surface area contributed by atoms with Gasteiger partial charge in [0.2, 0.25) is 11.8 Å². The van der Waals surface area contributed by atoms with Crippen LogP contribution < -0.4 is 11.3 Å². The van der Waals surface area contributed by atoms with Gasteiger partial charge in [0.05, 0.1) is 17.7 Å². The van der Waals surface area contributed by atoms with Crippen LogP contribution >= 0.6 is 11.8 Å². The van der Waals surface area contributed by atoms with Crippen LogP contribution in [0.2, 0.25) is 0 Å². The number of piperazine rings is 1. The number of hydrogen-bond donors (Lipinski definition) is 2. The normalized spacial score (nSPS) is 28.1. The third kappa shape index (κ3) is 2.14. The Bertz CT molecular complexity index is 347. The predicted molar refractivity (Wildman–Crippen MR) is 65.9 cm³/mol. The summed E-state index contributed by atoms with van der Waals surface area (Å²) in [6.07, 6.45) is 0. The molecule has 0 aliphatic carbocycles. The van der Waals surface area contributed by atoms with Crippen molar-refractivity contribution in [1.82, 2.24) is 15.2 Å². The third-order valence-electron chi connectivity index (χ3n) is 3.49. The van der Waals surface area contributed by atoms with Gasteiger partial charge in [-0.1, -0.05) is 0 Å². The maximum atomic E-state index is 11.7. The highest BCUT2D eigenvalue weighted by atomic mass is 32.2. The smallest absolute Gasteiger partial charge is 0.248 e. The van der Waals surface area contributed by atoms with E-state index in [-0.39, 0.29) is 29.3 Å². The number of nitrogens with two attached hydrogens (primary N) is 1. The summed E-state index contributed by atoms with van der Waals surface area (Å²) in [6, 6.07) is 0. The lowest BCUT2D eigenvalue weighted by atomic mass is 9.98. The summed E-state index contributed by atoms with van der Waals surface area (Å²) in [5.74, 6) is 5.67. The molecule has 2 fully saturated rings. The van der Waals surface area contributed by atoms with E-state index in [1.54, 1.807) is 11.8 Å². The number of amides is 2. The van der Waals surface area contributed by atoms with Gasteiger partial charge in [0.15, 0.2) is 0 Å². The minimum Gasteiger partial charge on any atom is -0.327 e. The number of thioether (sulfide) groups is 1. The first-order valence-corrected chi connectivity index (χ1v) is 6.67. The maximum absolute atomic E-state index is 11.7. The Balaban J connectivity index is 2.12. The highest BCUT2D eigenvalue weighted by molar-refractivity contribution is 8.01. The zero-order valence-electron chi connectivity index (χ0n) is 10.1. The molecule has 6 nitrogen and oxygen atoms in total. The molecule has 17 heavy (non-hydrogen) atoms. The lowest BCUT2D eigenvalue weighted by molar-refractivity contribution is -0.134. The van der Waals surface area contributed by atoms with Gasteiger partial charge in [0.1, 0.15) is 0 Å². The van der Waals surface area contributed by atoms with E-state index in [0.717, 1.165) is 0 Å². The minimum absolute atomic E-state index is 0.134. The number of nitrogens with zero attached hydrogens (tertiary/aromatic N) is 2. The number of carbonyl (C=O) groups is 2. The van der Waals surface area contributed by atoms with Gasteiger partial charge < -0.3 is 4.90 Å². The van der Waals surface area contributed by atoms with Crippen molar-refractivity contribution in [2.45, 2.75) is 24.8 Å². The third-order valence-corrected chi connectivity index (χ3v) is 5.05. The Labute approximate surface area is 105 Å². The summed E-state index contributed by atoms with van der Waals surface area (Å²) in [6.45, 7) is 5.82. The van der Waals surface area contributed by atoms with Crippen LogP contribution in [-0.4, -0.2) is 57.9 Å². The topological polar surface area (TPSA) is 78.7 Å². The van der Waals surface area contributed by atoms with E-state index in [0.29, 0.717) is 18.8 Å². The van der Waals surface area contributed by atoms with Gasteiger partial charge in [0, 0.05) is 18.6 Å². The first kappa shape index (κ1) is 12.7. The summed E-state index contributed by atoms with van der Waals surface area (Å²) in [5, 5.41) is 0.134. The van der Waals surface area contributed by atoms with Crippen LogP contribution in [0.1, 0.15) is 13.8 Å². The fourth-order valence-electron chi connectivity index (χ4n) is 2.46. The van der Waals surface area contributed by atoms with Crippen molar-refractivity contribution in [2.75, 3.05) is 25.4 Å². The number of carbonyl (C=O) groups excluding carboxylic acids is 2. The molecule has 96 valence electrons. The van der Waals surface area contributed by atoms with Crippen molar-refractivity contribution in [3.05, 3.63) is 0 Å². The highest BCUT2D eigenvalue weighted by Crippen LogP contribution is 2.38. The Morgan fingerprint density at radius 2 is 2.29 bits per heavy atom. The Hall–Kier alpha value is -0.790. The fourth-order valence-corrected chi connectivity index (χ4v) is 3.88. The van der Waals surface area contributed by atoms with E-state index < -0.39 is 0 Å². The summed E-state index contributed by atoms with van der Waals surface area (Å²) >= 11 is 1.65. The minimum atomic E-state index is -0.207. The Morgan fingerprint density at radius 1 is 1.59 bits per heavy atom. The molecule has 2 aliphatic rings. The Kier molecular flexibility index (Phi) is 3.33. The Morgan fingerprint density at radius 3 is 2.94 bits per heavy atom. The van der Waals surface area contributed by atoms with Crippen LogP contribution in [0.3, 0.4) is 0 Å². The second-order valence-electron chi connectivity index (χ2n) is 4.89. The molecule has 0 aromatic heterocycles. The largest absolute Gasteiger partial charge is 0.327 e. The van der Waals surface area contributed by atoms with Gasteiger partial charge in [-0.05, 0) is 13.8 Å². The van der Waals surface area contributed by atoms with Crippen molar-refractivity contribution in [3.63, 3.8) is 0 Å². The van der Waals surface area contributed by atoms with Crippen LogP contribution in [-0.2, 0) is 9.59 Å². The molecule has 7 heteroatoms. The molecule has 0 saturated carbocycles. The first-order chi connectivity index (χ1) is 7.96. The van der Waals surface area contributed by atoms with Gasteiger partial charge in [-0.3, -0.25) is 19.9 Å². The lowest BCUT2D eigenvalue weighted by Crippen LogP contribution is -2.64. The number of rotatable bonds is 2. The van der Waals surface area contributed by atoms with Crippen LogP contribution in [0.4, 0.5) is 0 Å². The van der Waals surface area contributed by atoms with Crippen molar-refractivity contribution in [1.29, 1.82) is 0 Å². The second kappa shape index (κ2) is 4.47. The summed E-state index contributed by atoms with van der Waals surface area (Å²) in [7, 11) is 0. The van der Waals surface area contributed by atoms with Crippen LogP contribution in [0.5, 0.6) is 0 Å². The van der Waals surface area contributed by atoms with Crippen molar-refractivity contribution in [2.24, 2.45) is 5.84 Å². The molecule has 2 heterocycles. The van der Waals surface area contributed by atoms with Gasteiger partial charge in [-0.25, -0.2) is 5.84 Å². The summed E-state index contributed by atoms with van der Waals surface area (Å²) in [4.78, 5) is 27.0. The van der Waals surface area contributed by atoms with E-state index in [9.17, 15) is 9.59 Å². The molecule has 0 bridgehead atoms. The lowest BCUT2D eigenvalue weighted by Gasteiger charge is -2.49. The quantitative estimate of drug-likeness (QED) is 0.376. The standard InChI is InChI=1S/C10H18N4O2S/c1-10(2)9-14(8(16)6-17-9)4-3-13(10)5-7(15)12-11/h9H,3-6,11H2,1-2H3,(H,12,15)/t9-/m1/s1. The monoisotopic (exact) mass is 258 g/mol. The van der Waals surface area contributed by atoms with Crippen molar-refractivity contribution >= 4 is 23.6 Å². The van der Waals surface area contributed by atoms with E-state index in [4.69, 9.17) is 5.84 Å². The van der Waals surface area contributed by atoms with Crippen LogP contribution in [0.15, 0.2) is 0 Å². The zero-order valence-corrected chi connectivity index (χ0v) is 10.9. The highest BCUT2D eigenvalue weighted by Gasteiger charge is 2.48. The van der Waals surface area contributed by atoms with Gasteiger partial charge in [-0.2, -0.15) is 0 Å². The molecule has 0 radical (unpaired) electrons. The van der Waals surface area contributed by atoms with Gasteiger partial charge >= 0.3 is 0 Å². The number of hydrogen-bond acceptors (Lipinski definition) is 5. The fraction of sp³-hybridized carbons (Fsp3) is 0.800. The van der Waals surface area contributed by atoms with E-state index >= 15 is 0 Å². The van der Waals surface area contributed by atoms with Crippen LogP contribution in [0.25, 0.3) is 0 Å². The van der Waals surface area contributed by atoms with Gasteiger partial charge in [-0.15, -0.1) is 11.8 Å². The summed E-state index contributed by atoms with van der Waals surface area (Å²) < 4.78 is 0. The molecule has 0 spiro atoms. The number of fused-ring (bicyclic) bond motifs is 1. The average molecular weight is 258 g/mol. The molecule has 0 aromatic carbocycles. The molecule has 1 atom stereocenters. The SMILES string of the molecule is CC1(C)[C@H]2SCC(=O)N2CCN1CC(=O)NN. The molecule has 2 amide bonds. The molecule has 2 rings (SSSR count). The molecule has 2 saturated heterocycles. The molecule has 2 aliphatic heterocycles. The number of hydrazine groups is 1. The molecule has 0 unspecified atom stereocenters. The van der Waals surface area contributed by atoms with E-state index in [1.807, 2.05) is 4.90 Å². The van der Waals surface area contributed by atoms with Crippen LogP contribution in [0, 0.1) is 0 Å². The zero-order chi connectivity index (χ0) is 12.6. The van der Waals surface area contributed by atoms with E-state index in [2.05, 4.69) is 24.2 Å². The van der Waals surface area contributed by atoms with Gasteiger partial charge in [0.25, 0.3) is 0 Å². The molecular formula is C10H18N4O2S. The second-order valence-corrected chi connectivity index (χ2v) is 5.96. The van der Waals surface area contributed by atoms with Crippen molar-refractivity contribution < 1.29 is 9.59 Å². The average Bonchev–Trinajstić information content (AvgIpc) is 2.65. The molecular weight excluding hydrogens is 240 g/mol. The van der Waals surface area contributed by atoms with Crippen molar-refractivity contribution in [3.8, 4) is 0 Å². The van der Waals surface area contributed by atoms with E-state index in [1.165, 1.54) is 0 Å². The predicted octanol–water partition coefficient (Wildman–Crippen LogP) is -1.03. The maximum Gasteiger partial charge on any atom is 0.248 e. The first-order valence-electron chi connectivity index (χ1n) is 5.62. The summed E-state index contributed by atoms with van der Waals surface area (Å²) in [5.41, 5.74) is 1.94. The molecule has 0 aromatic rings.